The number of rotatable bonds is 16. The highest BCUT2D eigenvalue weighted by Gasteiger charge is 2.08. The summed E-state index contributed by atoms with van der Waals surface area (Å²) < 4.78 is 150. The molecular weight excluding hydrogens is 262 g/mol. The van der Waals surface area contributed by atoms with Gasteiger partial charge in [0.1, 0.15) is 2.82 Å². The highest BCUT2D eigenvalue weighted by Crippen LogP contribution is 2.12. The standard InChI is InChI=1S/C18H37NO2/c1-2-3-4-5-6-7-8-9-10-11-12-13-14-15-18(21)17(19)16-20/h14-15,17-18,20-21H,2-13,16,19H2,1H3/b15-14+/t17-,18+/m0/s1/i8D,9D2,10D2,11D2,12D2,13D2,14D,15D,16D2,17D,18D/hD2/t8?,17-,18+. The van der Waals surface area contributed by atoms with Crippen molar-refractivity contribution in [3.05, 3.63) is 12.1 Å². The third-order valence-corrected chi connectivity index (χ3v) is 2.39. The maximum atomic E-state index is 10.4. The third-order valence-electron chi connectivity index (χ3n) is 2.39. The predicted octanol–water partition coefficient (Wildman–Crippen LogP) is 3.92. The maximum absolute atomic E-state index is 10.4. The molecule has 0 bridgehead atoms. The van der Waals surface area contributed by atoms with Gasteiger partial charge in [-0.1, -0.05) is 83.1 Å². The van der Waals surface area contributed by atoms with E-state index in [1.54, 1.807) is 0 Å². The fourth-order valence-corrected chi connectivity index (χ4v) is 1.31. The van der Waals surface area contributed by atoms with E-state index in [-0.39, 0.29) is 12.8 Å². The van der Waals surface area contributed by atoms with Crippen molar-refractivity contribution in [2.45, 2.75) is 95.8 Å². The van der Waals surface area contributed by atoms with Crippen molar-refractivity contribution in [1.29, 1.82) is 0 Å². The third kappa shape index (κ3) is 14.3. The van der Waals surface area contributed by atoms with Gasteiger partial charge in [-0.3, -0.25) is 0 Å². The summed E-state index contributed by atoms with van der Waals surface area (Å²) in [6.07, 6.45) is -23.2. The summed E-state index contributed by atoms with van der Waals surface area (Å²) in [5.41, 5.74) is -1.05. The van der Waals surface area contributed by atoms with E-state index in [9.17, 15) is 10.2 Å². The van der Waals surface area contributed by atoms with Gasteiger partial charge in [-0.2, -0.15) is 0 Å². The Balaban J connectivity index is 6.73. The second-order valence-electron chi connectivity index (χ2n) is 4.11. The molecule has 3 heteroatoms. The Kier molecular flexibility index (Phi) is 4.05. The van der Waals surface area contributed by atoms with Crippen LogP contribution < -0.4 is 5.72 Å². The number of nitrogens with two attached hydrogens (primary N) is 1. The zero-order valence-electron chi connectivity index (χ0n) is 31.2. The van der Waals surface area contributed by atoms with Crippen LogP contribution in [0.4, 0.5) is 0 Å². The summed E-state index contributed by atoms with van der Waals surface area (Å²) >= 11 is 0. The molecule has 3 nitrogen and oxygen atoms in total. The molecule has 0 aromatic rings. The van der Waals surface area contributed by atoms with Crippen molar-refractivity contribution in [3.63, 3.8) is 0 Å². The monoisotopic (exact) mass is 318 g/mol. The Morgan fingerprint density at radius 1 is 1.19 bits per heavy atom. The first-order valence-electron chi connectivity index (χ1n) is 16.3. The van der Waals surface area contributed by atoms with Crippen molar-refractivity contribution in [2.24, 2.45) is 5.72 Å². The number of hydrogen-bond acceptors (Lipinski definition) is 3. The van der Waals surface area contributed by atoms with Gasteiger partial charge in [-0.25, -0.2) is 0 Å². The lowest BCUT2D eigenvalue weighted by Crippen LogP contribution is -2.36. The quantitative estimate of drug-likeness (QED) is 0.298. The van der Waals surface area contributed by atoms with E-state index in [2.05, 4.69) is 0 Å². The lowest BCUT2D eigenvalue weighted by Gasteiger charge is -2.11. The van der Waals surface area contributed by atoms with Gasteiger partial charge in [0.15, 0.2) is 0 Å². The summed E-state index contributed by atoms with van der Waals surface area (Å²) in [5.74, 6) is 0. The van der Waals surface area contributed by atoms with Crippen LogP contribution in [0.1, 0.15) is 107 Å². The van der Waals surface area contributed by atoms with Crippen molar-refractivity contribution in [1.82, 2.24) is 0 Å². The molecule has 0 fully saturated rings. The van der Waals surface area contributed by atoms with E-state index < -0.39 is 74.7 Å². The Morgan fingerprint density at radius 2 is 1.90 bits per heavy atom. The molecule has 0 aromatic carbocycles. The Hall–Kier alpha value is -0.380. The first-order valence-corrected chi connectivity index (χ1v) is 6.82. The molecule has 21 heavy (non-hydrogen) atoms. The molecule has 0 amide bonds. The molecule has 0 heterocycles. The highest BCUT2D eigenvalue weighted by atomic mass is 16.3. The van der Waals surface area contributed by atoms with Gasteiger partial charge >= 0.3 is 0 Å². The van der Waals surface area contributed by atoms with E-state index in [1.165, 1.54) is 0 Å². The second-order valence-corrected chi connectivity index (χ2v) is 4.11. The van der Waals surface area contributed by atoms with Gasteiger partial charge in [0.25, 0.3) is 0 Å². The van der Waals surface area contributed by atoms with Crippen LogP contribution in [0.15, 0.2) is 12.1 Å². The Morgan fingerprint density at radius 3 is 2.62 bits per heavy atom. The molecule has 126 valence electrons. The van der Waals surface area contributed by atoms with E-state index in [0.717, 1.165) is 19.3 Å². The molecule has 0 aliphatic heterocycles. The summed E-state index contributed by atoms with van der Waals surface area (Å²) in [5, 5.41) is 20.0. The largest absolute Gasteiger partial charge is 0.395 e. The molecule has 0 aliphatic carbocycles. The molecule has 0 rings (SSSR count). The van der Waals surface area contributed by atoms with Crippen molar-refractivity contribution >= 4 is 0 Å². The molecular formula is C18H37NO2. The molecule has 3 atom stereocenters. The molecule has 0 saturated carbocycles. The van der Waals surface area contributed by atoms with Crippen molar-refractivity contribution in [2.75, 3.05) is 6.56 Å². The highest BCUT2D eigenvalue weighted by molar-refractivity contribution is 4.93. The van der Waals surface area contributed by atoms with E-state index >= 15 is 0 Å². The summed E-state index contributed by atoms with van der Waals surface area (Å²) in [7, 11) is 0. The average molecular weight is 319 g/mol. The number of unbranched alkanes of at least 4 members (excludes halogenated alkanes) is 4. The van der Waals surface area contributed by atoms with Crippen LogP contribution in [0.25, 0.3) is 0 Å². The van der Waals surface area contributed by atoms with Gasteiger partial charge < -0.3 is 15.9 Å². The van der Waals surface area contributed by atoms with Gasteiger partial charge in [0.2, 0.25) is 0 Å². The van der Waals surface area contributed by atoms with Crippen LogP contribution in [0, 0.1) is 0 Å². The molecule has 1 unspecified atom stereocenters. The molecule has 4 N–H and O–H groups in total. The first-order chi connectivity index (χ1) is 17.5. The molecule has 0 saturated heterocycles. The summed E-state index contributed by atoms with van der Waals surface area (Å²) in [4.78, 5) is 0. The first kappa shape index (κ1) is 5.32. The van der Waals surface area contributed by atoms with Crippen LogP contribution in [0.3, 0.4) is 0 Å². The van der Waals surface area contributed by atoms with E-state index in [4.69, 9.17) is 26.1 Å². The van der Waals surface area contributed by atoms with Crippen LogP contribution in [-0.4, -0.2) is 28.9 Å². The fourth-order valence-electron chi connectivity index (χ4n) is 1.31. The lowest BCUT2D eigenvalue weighted by molar-refractivity contribution is 0.144. The SMILES string of the molecule is [2H]/C(=C(/[2H])[C@@]([2H])(O)[C@@]([2H])(N([2H])[2H])C([2H])([2H])O)C([2H])([2H])C([2H])([2H])C([2H])([2H])C([2H])([2H])C([2H])([2H])C([2H])CCCCCCC. The van der Waals surface area contributed by atoms with Crippen molar-refractivity contribution < 1.29 is 36.3 Å². The van der Waals surface area contributed by atoms with Gasteiger partial charge in [0, 0.05) is 15.1 Å². The van der Waals surface area contributed by atoms with Gasteiger partial charge in [0.05, 0.1) is 26.9 Å². The van der Waals surface area contributed by atoms with Crippen molar-refractivity contribution in [3.8, 4) is 0 Å². The molecule has 0 spiro atoms. The zero-order chi connectivity index (χ0) is 32.6. The summed E-state index contributed by atoms with van der Waals surface area (Å²) in [6.45, 7) is -2.19. The number of aliphatic hydroxyl groups is 2. The minimum absolute atomic E-state index is 0.236. The van der Waals surface area contributed by atoms with Gasteiger partial charge in [-0.15, -0.1) is 0 Å². The zero-order valence-corrected chi connectivity index (χ0v) is 12.2. The van der Waals surface area contributed by atoms with Crippen LogP contribution >= 0.6 is 0 Å². The maximum Gasteiger partial charge on any atom is 0.119 e. The number of allylic oxidation sites excluding steroid dienone is 1. The minimum atomic E-state index is -4.33. The molecule has 0 radical (unpaired) electrons. The normalized spacial score (nSPS) is 37.6. The smallest absolute Gasteiger partial charge is 0.119 e. The predicted molar refractivity (Wildman–Crippen MR) is 91.3 cm³/mol. The minimum Gasteiger partial charge on any atom is -0.395 e. The lowest BCUT2D eigenvalue weighted by atomic mass is 10.0. The van der Waals surface area contributed by atoms with Crippen LogP contribution in [0.2, 0.25) is 2.82 Å². The topological polar surface area (TPSA) is 66.5 Å². The van der Waals surface area contributed by atoms with E-state index in [1.807, 2.05) is 6.92 Å². The number of hydrogen-bond donors (Lipinski definition) is 3. The average Bonchev–Trinajstić information content (AvgIpc) is 2.80. The van der Waals surface area contributed by atoms with E-state index in [0.29, 0.717) is 6.42 Å². The second kappa shape index (κ2) is 16.0. The Bertz CT molecular complexity index is 885. The summed E-state index contributed by atoms with van der Waals surface area (Å²) in [6, 6.07) is -8.48. The Labute approximate surface area is 158 Å². The molecule has 0 aliphatic rings. The van der Waals surface area contributed by atoms with Crippen LogP contribution in [0.5, 0.6) is 0 Å². The molecule has 0 aromatic heterocycles. The van der Waals surface area contributed by atoms with Gasteiger partial charge in [-0.05, 0) is 12.7 Å². The van der Waals surface area contributed by atoms with Crippen LogP contribution in [-0.2, 0) is 0 Å². The fraction of sp³-hybridized carbons (Fsp3) is 0.889.